The fraction of sp³-hybridized carbons (Fsp3) is 0.571. The molecule has 1 aliphatic rings. The van der Waals surface area contributed by atoms with Crippen molar-refractivity contribution in [2.75, 3.05) is 12.3 Å². The lowest BCUT2D eigenvalue weighted by molar-refractivity contribution is 0.503. The summed E-state index contributed by atoms with van der Waals surface area (Å²) >= 11 is 2.13. The molecule has 1 aliphatic heterocycles. The third-order valence-electron chi connectivity index (χ3n) is 3.11. The van der Waals surface area contributed by atoms with E-state index in [1.807, 2.05) is 0 Å². The van der Waals surface area contributed by atoms with Gasteiger partial charge < -0.3 is 5.32 Å². The van der Waals surface area contributed by atoms with E-state index in [0.29, 0.717) is 6.04 Å². The first kappa shape index (κ1) is 12.0. The molecular formula is C14H21NS. The molecule has 1 heterocycles. The number of benzene rings is 1. The van der Waals surface area contributed by atoms with Crippen molar-refractivity contribution in [3.05, 3.63) is 35.9 Å². The van der Waals surface area contributed by atoms with Gasteiger partial charge >= 0.3 is 0 Å². The number of hydrogen-bond acceptors (Lipinski definition) is 2. The summed E-state index contributed by atoms with van der Waals surface area (Å²) in [6.07, 6.45) is 3.95. The topological polar surface area (TPSA) is 12.0 Å². The summed E-state index contributed by atoms with van der Waals surface area (Å²) in [7, 11) is 0. The first-order valence-corrected chi connectivity index (χ1v) is 7.36. The van der Waals surface area contributed by atoms with Crippen LogP contribution in [0.3, 0.4) is 0 Å². The molecule has 1 fully saturated rings. The van der Waals surface area contributed by atoms with E-state index in [2.05, 4.69) is 54.3 Å². The fourth-order valence-electron chi connectivity index (χ4n) is 2.29. The SMILES string of the molecule is CCCNC(c1ccccc1)C1CCCS1. The van der Waals surface area contributed by atoms with Crippen molar-refractivity contribution in [1.82, 2.24) is 5.32 Å². The number of rotatable bonds is 5. The van der Waals surface area contributed by atoms with Crippen LogP contribution in [-0.2, 0) is 0 Å². The van der Waals surface area contributed by atoms with Gasteiger partial charge in [0.15, 0.2) is 0 Å². The Balaban J connectivity index is 2.07. The van der Waals surface area contributed by atoms with Crippen molar-refractivity contribution >= 4 is 11.8 Å². The molecule has 0 bridgehead atoms. The molecule has 1 saturated heterocycles. The summed E-state index contributed by atoms with van der Waals surface area (Å²) < 4.78 is 0. The molecule has 0 saturated carbocycles. The van der Waals surface area contributed by atoms with Crippen LogP contribution in [-0.4, -0.2) is 17.5 Å². The summed E-state index contributed by atoms with van der Waals surface area (Å²) in [4.78, 5) is 0. The van der Waals surface area contributed by atoms with Gasteiger partial charge in [-0.05, 0) is 37.1 Å². The predicted octanol–water partition coefficient (Wildman–Crippen LogP) is 3.62. The van der Waals surface area contributed by atoms with Gasteiger partial charge in [0.2, 0.25) is 0 Å². The Morgan fingerprint density at radius 2 is 2.19 bits per heavy atom. The van der Waals surface area contributed by atoms with Gasteiger partial charge in [-0.25, -0.2) is 0 Å². The summed E-state index contributed by atoms with van der Waals surface area (Å²) in [6, 6.07) is 11.5. The Bertz CT molecular complexity index is 293. The standard InChI is InChI=1S/C14H21NS/c1-2-10-15-14(13-9-6-11-16-13)12-7-4-3-5-8-12/h3-5,7-8,13-15H,2,6,9-11H2,1H3. The molecule has 16 heavy (non-hydrogen) atoms. The second-order valence-corrected chi connectivity index (χ2v) is 5.74. The van der Waals surface area contributed by atoms with E-state index in [1.54, 1.807) is 0 Å². The molecule has 0 spiro atoms. The van der Waals surface area contributed by atoms with Gasteiger partial charge in [-0.15, -0.1) is 0 Å². The van der Waals surface area contributed by atoms with Crippen LogP contribution in [0.2, 0.25) is 0 Å². The third-order valence-corrected chi connectivity index (χ3v) is 4.57. The maximum absolute atomic E-state index is 3.71. The Morgan fingerprint density at radius 3 is 2.81 bits per heavy atom. The van der Waals surface area contributed by atoms with E-state index in [9.17, 15) is 0 Å². The van der Waals surface area contributed by atoms with Gasteiger partial charge in [0, 0.05) is 11.3 Å². The van der Waals surface area contributed by atoms with Crippen LogP contribution >= 0.6 is 11.8 Å². The van der Waals surface area contributed by atoms with Crippen molar-refractivity contribution in [3.8, 4) is 0 Å². The van der Waals surface area contributed by atoms with E-state index in [-0.39, 0.29) is 0 Å². The first-order valence-electron chi connectivity index (χ1n) is 6.31. The van der Waals surface area contributed by atoms with E-state index < -0.39 is 0 Å². The molecule has 1 nitrogen and oxygen atoms in total. The molecular weight excluding hydrogens is 214 g/mol. The lowest BCUT2D eigenvalue weighted by atomic mass is 10.0. The van der Waals surface area contributed by atoms with Gasteiger partial charge in [0.25, 0.3) is 0 Å². The van der Waals surface area contributed by atoms with Gasteiger partial charge in [-0.3, -0.25) is 0 Å². The van der Waals surface area contributed by atoms with Gasteiger partial charge in [0.1, 0.15) is 0 Å². The Kier molecular flexibility index (Phi) is 4.73. The molecule has 0 amide bonds. The normalized spacial score (nSPS) is 22.2. The molecule has 2 rings (SSSR count). The molecule has 2 unspecified atom stereocenters. The second kappa shape index (κ2) is 6.31. The van der Waals surface area contributed by atoms with E-state index >= 15 is 0 Å². The lowest BCUT2D eigenvalue weighted by Gasteiger charge is -2.24. The zero-order valence-corrected chi connectivity index (χ0v) is 10.8. The van der Waals surface area contributed by atoms with Gasteiger partial charge in [-0.1, -0.05) is 37.3 Å². The summed E-state index contributed by atoms with van der Waals surface area (Å²) in [5.41, 5.74) is 1.45. The van der Waals surface area contributed by atoms with Crippen molar-refractivity contribution in [3.63, 3.8) is 0 Å². The summed E-state index contributed by atoms with van der Waals surface area (Å²) in [5.74, 6) is 1.34. The third kappa shape index (κ3) is 3.02. The minimum atomic E-state index is 0.550. The maximum atomic E-state index is 3.71. The van der Waals surface area contributed by atoms with E-state index in [0.717, 1.165) is 11.8 Å². The summed E-state index contributed by atoms with van der Waals surface area (Å²) in [5, 5.41) is 4.48. The zero-order chi connectivity index (χ0) is 11.2. The average Bonchev–Trinajstić information content (AvgIpc) is 2.85. The Labute approximate surface area is 103 Å². The van der Waals surface area contributed by atoms with Gasteiger partial charge in [-0.2, -0.15) is 11.8 Å². The van der Waals surface area contributed by atoms with Crippen LogP contribution in [0, 0.1) is 0 Å². The minimum Gasteiger partial charge on any atom is -0.309 e. The zero-order valence-electron chi connectivity index (χ0n) is 9.99. The van der Waals surface area contributed by atoms with E-state index in [1.165, 1.54) is 30.6 Å². The predicted molar refractivity (Wildman–Crippen MR) is 73.0 cm³/mol. The molecule has 0 radical (unpaired) electrons. The summed E-state index contributed by atoms with van der Waals surface area (Å²) in [6.45, 7) is 3.35. The molecule has 1 aromatic rings. The minimum absolute atomic E-state index is 0.550. The highest BCUT2D eigenvalue weighted by atomic mass is 32.2. The second-order valence-electron chi connectivity index (χ2n) is 4.39. The Hall–Kier alpha value is -0.470. The first-order chi connectivity index (χ1) is 7.92. The highest BCUT2D eigenvalue weighted by Gasteiger charge is 2.26. The quantitative estimate of drug-likeness (QED) is 0.836. The fourth-order valence-corrected chi connectivity index (χ4v) is 3.70. The average molecular weight is 235 g/mol. The van der Waals surface area contributed by atoms with Crippen molar-refractivity contribution in [2.24, 2.45) is 0 Å². The highest BCUT2D eigenvalue weighted by Crippen LogP contribution is 2.35. The number of thioether (sulfide) groups is 1. The van der Waals surface area contributed by atoms with Crippen LogP contribution < -0.4 is 5.32 Å². The molecule has 88 valence electrons. The maximum Gasteiger partial charge on any atom is 0.0440 e. The van der Waals surface area contributed by atoms with Crippen molar-refractivity contribution in [2.45, 2.75) is 37.5 Å². The number of hydrogen-bond donors (Lipinski definition) is 1. The molecule has 2 atom stereocenters. The molecule has 1 aromatic carbocycles. The van der Waals surface area contributed by atoms with Crippen LogP contribution in [0.5, 0.6) is 0 Å². The van der Waals surface area contributed by atoms with E-state index in [4.69, 9.17) is 0 Å². The molecule has 1 N–H and O–H groups in total. The Morgan fingerprint density at radius 1 is 1.38 bits per heavy atom. The van der Waals surface area contributed by atoms with Gasteiger partial charge in [0.05, 0.1) is 0 Å². The largest absolute Gasteiger partial charge is 0.309 e. The van der Waals surface area contributed by atoms with Crippen molar-refractivity contribution in [1.29, 1.82) is 0 Å². The molecule has 0 aromatic heterocycles. The molecule has 0 aliphatic carbocycles. The smallest absolute Gasteiger partial charge is 0.0440 e. The van der Waals surface area contributed by atoms with Crippen LogP contribution in [0.15, 0.2) is 30.3 Å². The molecule has 2 heteroatoms. The monoisotopic (exact) mass is 235 g/mol. The van der Waals surface area contributed by atoms with Crippen LogP contribution in [0.4, 0.5) is 0 Å². The highest BCUT2D eigenvalue weighted by molar-refractivity contribution is 8.00. The lowest BCUT2D eigenvalue weighted by Crippen LogP contribution is -2.29. The van der Waals surface area contributed by atoms with Crippen molar-refractivity contribution < 1.29 is 0 Å². The number of nitrogens with one attached hydrogen (secondary N) is 1. The van der Waals surface area contributed by atoms with Crippen LogP contribution in [0.1, 0.15) is 37.8 Å². The van der Waals surface area contributed by atoms with Crippen LogP contribution in [0.25, 0.3) is 0 Å².